The number of carbonyl (C=O) groups excluding carboxylic acids is 1. The number of hydrogen-bond acceptors (Lipinski definition) is 4. The molecule has 0 aliphatic carbocycles. The van der Waals surface area contributed by atoms with E-state index in [1.807, 2.05) is 23.1 Å². The minimum Gasteiger partial charge on any atom is -0.338 e. The van der Waals surface area contributed by atoms with Crippen LogP contribution >= 0.6 is 0 Å². The van der Waals surface area contributed by atoms with Crippen LogP contribution in [-0.4, -0.2) is 74.2 Å². The second-order valence-electron chi connectivity index (χ2n) is 7.68. The summed E-state index contributed by atoms with van der Waals surface area (Å²) < 4.78 is 27.0. The third-order valence-electron chi connectivity index (χ3n) is 5.78. The van der Waals surface area contributed by atoms with Gasteiger partial charge >= 0.3 is 0 Å². The Morgan fingerprint density at radius 3 is 2.07 bits per heavy atom. The molecule has 0 spiro atoms. The van der Waals surface area contributed by atoms with Crippen LogP contribution in [0, 0.1) is 0 Å². The topological polar surface area (TPSA) is 60.9 Å². The van der Waals surface area contributed by atoms with Gasteiger partial charge in [0, 0.05) is 39.3 Å². The van der Waals surface area contributed by atoms with E-state index < -0.39 is 10.0 Å². The predicted molar refractivity (Wildman–Crippen MR) is 117 cm³/mol. The number of nitrogens with zero attached hydrogens (tertiary/aromatic N) is 3. The Morgan fingerprint density at radius 2 is 1.47 bits per heavy atom. The standard InChI is InChI=1S/C23H27N3O3S/c27-23(25-13-11-21(12-14-25)20-7-3-1-4-8-20)19-24-15-17-26(18-16-24)30(28,29)22-9-5-2-6-10-22/h1-11H,12-19H2. The summed E-state index contributed by atoms with van der Waals surface area (Å²) in [7, 11) is -3.46. The number of sulfonamides is 1. The minimum atomic E-state index is -3.46. The van der Waals surface area contributed by atoms with Crippen molar-refractivity contribution in [3.8, 4) is 0 Å². The van der Waals surface area contributed by atoms with Crippen LogP contribution in [-0.2, 0) is 14.8 Å². The van der Waals surface area contributed by atoms with Crippen LogP contribution in [0.2, 0.25) is 0 Å². The van der Waals surface area contributed by atoms with Crippen molar-refractivity contribution < 1.29 is 13.2 Å². The van der Waals surface area contributed by atoms with Crippen LogP contribution in [0.5, 0.6) is 0 Å². The number of hydrogen-bond donors (Lipinski definition) is 0. The monoisotopic (exact) mass is 425 g/mol. The van der Waals surface area contributed by atoms with Crippen molar-refractivity contribution in [2.75, 3.05) is 45.8 Å². The van der Waals surface area contributed by atoms with Gasteiger partial charge in [0.2, 0.25) is 15.9 Å². The van der Waals surface area contributed by atoms with Crippen LogP contribution in [0.25, 0.3) is 5.57 Å². The van der Waals surface area contributed by atoms with E-state index in [9.17, 15) is 13.2 Å². The zero-order valence-corrected chi connectivity index (χ0v) is 17.8. The molecule has 0 N–H and O–H groups in total. The lowest BCUT2D eigenvalue weighted by Gasteiger charge is -2.35. The number of benzene rings is 2. The molecule has 2 heterocycles. The van der Waals surface area contributed by atoms with Crippen molar-refractivity contribution in [1.29, 1.82) is 0 Å². The van der Waals surface area contributed by atoms with E-state index >= 15 is 0 Å². The highest BCUT2D eigenvalue weighted by Crippen LogP contribution is 2.22. The fourth-order valence-electron chi connectivity index (χ4n) is 3.97. The Hall–Kier alpha value is -2.48. The Labute approximate surface area is 178 Å². The van der Waals surface area contributed by atoms with E-state index in [1.54, 1.807) is 30.3 Å². The van der Waals surface area contributed by atoms with Crippen molar-refractivity contribution in [1.82, 2.24) is 14.1 Å². The molecular formula is C23H27N3O3S. The van der Waals surface area contributed by atoms with Crippen LogP contribution in [0.4, 0.5) is 0 Å². The summed E-state index contributed by atoms with van der Waals surface area (Å²) in [5.74, 6) is 0.109. The van der Waals surface area contributed by atoms with E-state index in [2.05, 4.69) is 23.1 Å². The van der Waals surface area contributed by atoms with Gasteiger partial charge in [-0.15, -0.1) is 0 Å². The van der Waals surface area contributed by atoms with E-state index in [0.717, 1.165) is 13.0 Å². The Balaban J connectivity index is 1.28. The fourth-order valence-corrected chi connectivity index (χ4v) is 5.41. The van der Waals surface area contributed by atoms with Gasteiger partial charge in [0.15, 0.2) is 0 Å². The van der Waals surface area contributed by atoms with Crippen molar-refractivity contribution in [3.05, 3.63) is 72.3 Å². The summed E-state index contributed by atoms with van der Waals surface area (Å²) >= 11 is 0. The Bertz CT molecular complexity index is 999. The lowest BCUT2D eigenvalue weighted by Crippen LogP contribution is -2.51. The maximum Gasteiger partial charge on any atom is 0.243 e. The second kappa shape index (κ2) is 9.12. The van der Waals surface area contributed by atoms with Gasteiger partial charge in [-0.05, 0) is 29.7 Å². The highest BCUT2D eigenvalue weighted by molar-refractivity contribution is 7.89. The second-order valence-corrected chi connectivity index (χ2v) is 9.62. The first-order valence-corrected chi connectivity index (χ1v) is 11.8. The molecule has 0 unspecified atom stereocenters. The number of piperazine rings is 1. The third kappa shape index (κ3) is 4.64. The molecule has 7 heteroatoms. The lowest BCUT2D eigenvalue weighted by molar-refractivity contribution is -0.132. The van der Waals surface area contributed by atoms with Crippen LogP contribution in [0.1, 0.15) is 12.0 Å². The summed E-state index contributed by atoms with van der Waals surface area (Å²) in [6.45, 7) is 3.64. The summed E-state index contributed by atoms with van der Waals surface area (Å²) in [5.41, 5.74) is 2.51. The molecule has 0 atom stereocenters. The Kier molecular flexibility index (Phi) is 6.32. The molecule has 2 aliphatic rings. The van der Waals surface area contributed by atoms with Crippen molar-refractivity contribution in [2.45, 2.75) is 11.3 Å². The SMILES string of the molecule is O=C(CN1CCN(S(=O)(=O)c2ccccc2)CC1)N1CC=C(c2ccccc2)CC1. The average molecular weight is 426 g/mol. The zero-order valence-electron chi connectivity index (χ0n) is 17.0. The van der Waals surface area contributed by atoms with Gasteiger partial charge in [-0.25, -0.2) is 8.42 Å². The molecule has 1 amide bonds. The third-order valence-corrected chi connectivity index (χ3v) is 7.69. The molecule has 4 rings (SSSR count). The summed E-state index contributed by atoms with van der Waals surface area (Å²) in [5, 5.41) is 0. The van der Waals surface area contributed by atoms with Gasteiger partial charge < -0.3 is 4.90 Å². The molecule has 30 heavy (non-hydrogen) atoms. The van der Waals surface area contributed by atoms with E-state index in [4.69, 9.17) is 0 Å². The summed E-state index contributed by atoms with van der Waals surface area (Å²) in [4.78, 5) is 17.0. The normalized spacial score (nSPS) is 18.8. The van der Waals surface area contributed by atoms with Gasteiger partial charge in [-0.3, -0.25) is 9.69 Å². The smallest absolute Gasteiger partial charge is 0.243 e. The van der Waals surface area contributed by atoms with Gasteiger partial charge in [0.05, 0.1) is 11.4 Å². The highest BCUT2D eigenvalue weighted by Gasteiger charge is 2.29. The lowest BCUT2D eigenvalue weighted by atomic mass is 9.99. The molecular weight excluding hydrogens is 398 g/mol. The largest absolute Gasteiger partial charge is 0.338 e. The zero-order chi connectivity index (χ0) is 21.0. The molecule has 0 bridgehead atoms. The van der Waals surface area contributed by atoms with Crippen molar-refractivity contribution >= 4 is 21.5 Å². The Morgan fingerprint density at radius 1 is 0.833 bits per heavy atom. The van der Waals surface area contributed by atoms with E-state index in [-0.39, 0.29) is 5.91 Å². The predicted octanol–water partition coefficient (Wildman–Crippen LogP) is 2.31. The van der Waals surface area contributed by atoms with Crippen molar-refractivity contribution in [2.24, 2.45) is 0 Å². The van der Waals surface area contributed by atoms with Crippen LogP contribution in [0.3, 0.4) is 0 Å². The van der Waals surface area contributed by atoms with Gasteiger partial charge in [-0.1, -0.05) is 54.6 Å². The van der Waals surface area contributed by atoms with Gasteiger partial charge in [-0.2, -0.15) is 4.31 Å². The molecule has 2 aromatic carbocycles. The first kappa shape index (κ1) is 20.8. The average Bonchev–Trinajstić information content (AvgIpc) is 2.81. The number of carbonyl (C=O) groups is 1. The quantitative estimate of drug-likeness (QED) is 0.738. The van der Waals surface area contributed by atoms with E-state index in [0.29, 0.717) is 44.2 Å². The molecule has 6 nitrogen and oxygen atoms in total. The maximum atomic E-state index is 12.7. The van der Waals surface area contributed by atoms with E-state index in [1.165, 1.54) is 15.4 Å². The molecule has 0 saturated carbocycles. The molecule has 158 valence electrons. The van der Waals surface area contributed by atoms with Crippen molar-refractivity contribution in [3.63, 3.8) is 0 Å². The number of rotatable bonds is 5. The maximum absolute atomic E-state index is 12.7. The molecule has 2 aromatic rings. The number of amides is 1. The molecule has 0 aromatic heterocycles. The summed E-state index contributed by atoms with van der Waals surface area (Å²) in [6, 6.07) is 18.8. The minimum absolute atomic E-state index is 0.109. The first-order chi connectivity index (χ1) is 14.5. The van der Waals surface area contributed by atoms with Gasteiger partial charge in [0.1, 0.15) is 0 Å². The molecule has 2 aliphatic heterocycles. The highest BCUT2D eigenvalue weighted by atomic mass is 32.2. The van der Waals surface area contributed by atoms with Crippen LogP contribution in [0.15, 0.2) is 71.6 Å². The van der Waals surface area contributed by atoms with Crippen LogP contribution < -0.4 is 0 Å². The first-order valence-electron chi connectivity index (χ1n) is 10.3. The molecule has 0 radical (unpaired) electrons. The van der Waals surface area contributed by atoms with Gasteiger partial charge in [0.25, 0.3) is 0 Å². The summed E-state index contributed by atoms with van der Waals surface area (Å²) in [6.07, 6.45) is 3.00. The molecule has 1 fully saturated rings. The fraction of sp³-hybridized carbons (Fsp3) is 0.348. The molecule has 1 saturated heterocycles.